The number of ketones is 1. The van der Waals surface area contributed by atoms with Crippen molar-refractivity contribution in [3.05, 3.63) is 18.0 Å². The van der Waals surface area contributed by atoms with Crippen LogP contribution in [0.2, 0.25) is 0 Å². The second-order valence-corrected chi connectivity index (χ2v) is 2.90. The first-order valence-corrected chi connectivity index (χ1v) is 3.90. The normalized spacial score (nSPS) is 11.4. The predicted octanol–water partition coefficient (Wildman–Crippen LogP) is -1.31. The van der Waals surface area contributed by atoms with E-state index in [-0.39, 0.29) is 63.1 Å². The van der Waals surface area contributed by atoms with E-state index in [4.69, 9.17) is 0 Å². The van der Waals surface area contributed by atoms with Crippen LogP contribution in [0, 0.1) is 5.92 Å². The van der Waals surface area contributed by atoms with Crippen LogP contribution < -0.4 is 51.4 Å². The summed E-state index contributed by atoms with van der Waals surface area (Å²) in [5.41, 5.74) is 0. The molecule has 0 saturated carbocycles. The molecule has 0 aliphatic heterocycles. The van der Waals surface area contributed by atoms with Crippen LogP contribution in [0.5, 0.6) is 0 Å². The maximum absolute atomic E-state index is 11.2. The Morgan fingerprint density at radius 2 is 1.77 bits per heavy atom. The average molecular weight is 207 g/mol. The first-order chi connectivity index (χ1) is 5.49. The molecule has 0 aromatic heterocycles. The molecule has 0 aliphatic carbocycles. The molecule has 0 aromatic rings. The molecule has 13 heavy (non-hydrogen) atoms. The Morgan fingerprint density at radius 1 is 1.31 bits per heavy atom. The molecule has 0 spiro atoms. The molecule has 0 saturated heterocycles. The Morgan fingerprint density at radius 3 is 2.08 bits per heavy atom. The SMILES string of the molecule is C=CC(=O)[N-]C(C)C(=O)C(C)C.[K+]. The summed E-state index contributed by atoms with van der Waals surface area (Å²) in [5.74, 6) is -0.539. The Bertz CT molecular complexity index is 202. The minimum Gasteiger partial charge on any atom is -0.641 e. The summed E-state index contributed by atoms with van der Waals surface area (Å²) in [6, 6.07) is -0.546. The topological polar surface area (TPSA) is 48.2 Å². The van der Waals surface area contributed by atoms with E-state index in [2.05, 4.69) is 11.9 Å². The first kappa shape index (κ1) is 16.0. The van der Waals surface area contributed by atoms with Gasteiger partial charge in [0.2, 0.25) is 0 Å². The summed E-state index contributed by atoms with van der Waals surface area (Å²) in [4.78, 5) is 21.9. The van der Waals surface area contributed by atoms with Crippen LogP contribution >= 0.6 is 0 Å². The number of rotatable bonds is 4. The number of nitrogens with zero attached hydrogens (tertiary/aromatic N) is 1. The number of hydrogen-bond acceptors (Lipinski definition) is 2. The van der Waals surface area contributed by atoms with Crippen molar-refractivity contribution in [2.75, 3.05) is 0 Å². The van der Waals surface area contributed by atoms with Crippen molar-refractivity contribution < 1.29 is 61.0 Å². The zero-order chi connectivity index (χ0) is 9.72. The number of carbonyl (C=O) groups excluding carboxylic acids is 2. The Kier molecular flexibility index (Phi) is 9.67. The van der Waals surface area contributed by atoms with Gasteiger partial charge in [0.25, 0.3) is 0 Å². The molecule has 0 aromatic carbocycles. The second kappa shape index (κ2) is 7.88. The first-order valence-electron chi connectivity index (χ1n) is 3.90. The van der Waals surface area contributed by atoms with E-state index >= 15 is 0 Å². The third kappa shape index (κ3) is 6.57. The molecule has 0 rings (SSSR count). The van der Waals surface area contributed by atoms with Crippen LogP contribution in [0.1, 0.15) is 20.8 Å². The van der Waals surface area contributed by atoms with Gasteiger partial charge in [0, 0.05) is 5.92 Å². The van der Waals surface area contributed by atoms with Crippen LogP contribution in [0.3, 0.4) is 0 Å². The molecule has 0 radical (unpaired) electrons. The van der Waals surface area contributed by atoms with Crippen molar-refractivity contribution in [2.45, 2.75) is 26.8 Å². The quantitative estimate of drug-likeness (QED) is 0.424. The second-order valence-electron chi connectivity index (χ2n) is 2.90. The van der Waals surface area contributed by atoms with Crippen molar-refractivity contribution in [3.63, 3.8) is 0 Å². The van der Waals surface area contributed by atoms with Gasteiger partial charge in [-0.1, -0.05) is 33.4 Å². The van der Waals surface area contributed by atoms with Crippen molar-refractivity contribution in [3.8, 4) is 0 Å². The van der Waals surface area contributed by atoms with E-state index in [0.29, 0.717) is 0 Å². The van der Waals surface area contributed by atoms with Crippen molar-refractivity contribution in [1.29, 1.82) is 0 Å². The Hall–Kier alpha value is 0.516. The number of Topliss-reactive ketones (excluding diaryl/α,β-unsaturated/α-hetero) is 1. The minimum absolute atomic E-state index is 0. The number of hydrogen-bond donors (Lipinski definition) is 0. The van der Waals surface area contributed by atoms with Crippen LogP contribution in [-0.4, -0.2) is 17.7 Å². The van der Waals surface area contributed by atoms with E-state index < -0.39 is 11.9 Å². The molecule has 1 unspecified atom stereocenters. The molecule has 68 valence electrons. The smallest absolute Gasteiger partial charge is 0.641 e. The van der Waals surface area contributed by atoms with E-state index in [9.17, 15) is 9.59 Å². The maximum atomic E-state index is 11.2. The summed E-state index contributed by atoms with van der Waals surface area (Å²) in [7, 11) is 0. The fraction of sp³-hybridized carbons (Fsp3) is 0.556. The van der Waals surface area contributed by atoms with Gasteiger partial charge in [-0.3, -0.25) is 0 Å². The van der Waals surface area contributed by atoms with Gasteiger partial charge in [0.05, 0.1) is 5.91 Å². The van der Waals surface area contributed by atoms with Gasteiger partial charge < -0.3 is 14.9 Å². The fourth-order valence-electron chi connectivity index (χ4n) is 0.790. The molecular weight excluding hydrogens is 193 g/mol. The molecular formula is C9H14KNO2. The van der Waals surface area contributed by atoms with Gasteiger partial charge >= 0.3 is 51.4 Å². The van der Waals surface area contributed by atoms with Gasteiger partial charge in [0.15, 0.2) is 0 Å². The van der Waals surface area contributed by atoms with Gasteiger partial charge in [-0.15, -0.1) is 0 Å². The molecule has 0 fully saturated rings. The summed E-state index contributed by atoms with van der Waals surface area (Å²) in [6.07, 6.45) is 1.10. The third-order valence-electron chi connectivity index (χ3n) is 1.48. The average Bonchev–Trinajstić information content (AvgIpc) is 2.02. The van der Waals surface area contributed by atoms with Crippen LogP contribution in [0.4, 0.5) is 0 Å². The molecule has 4 heteroatoms. The maximum Gasteiger partial charge on any atom is 1.00 e. The van der Waals surface area contributed by atoms with E-state index in [1.165, 1.54) is 0 Å². The zero-order valence-corrected chi connectivity index (χ0v) is 11.8. The molecule has 0 N–H and O–H groups in total. The molecule has 1 atom stereocenters. The molecule has 3 nitrogen and oxygen atoms in total. The molecule has 0 aliphatic rings. The van der Waals surface area contributed by atoms with Crippen LogP contribution in [0.15, 0.2) is 12.7 Å². The van der Waals surface area contributed by atoms with Crippen LogP contribution in [-0.2, 0) is 9.59 Å². The van der Waals surface area contributed by atoms with Crippen LogP contribution in [0.25, 0.3) is 5.32 Å². The Labute approximate surface area is 122 Å². The van der Waals surface area contributed by atoms with Crippen molar-refractivity contribution >= 4 is 11.7 Å². The standard InChI is InChI=1S/C9H15NO2.K/c1-5-8(11)10-7(4)9(12)6(2)3;/h5-7H,1H2,2-4H3,(H,10,11);/q;+1/p-1. The summed E-state index contributed by atoms with van der Waals surface area (Å²) >= 11 is 0. The number of amides is 1. The summed E-state index contributed by atoms with van der Waals surface area (Å²) in [6.45, 7) is 8.45. The summed E-state index contributed by atoms with van der Waals surface area (Å²) < 4.78 is 0. The fourth-order valence-corrected chi connectivity index (χ4v) is 0.790. The van der Waals surface area contributed by atoms with Crippen molar-refractivity contribution in [1.82, 2.24) is 0 Å². The predicted molar refractivity (Wildman–Crippen MR) is 47.9 cm³/mol. The Balaban J connectivity index is 0. The largest absolute Gasteiger partial charge is 1.00 e. The number of carbonyl (C=O) groups is 2. The molecule has 0 heterocycles. The van der Waals surface area contributed by atoms with Gasteiger partial charge in [-0.25, -0.2) is 0 Å². The zero-order valence-electron chi connectivity index (χ0n) is 8.70. The summed E-state index contributed by atoms with van der Waals surface area (Å²) in [5, 5.41) is 3.61. The van der Waals surface area contributed by atoms with E-state index in [1.54, 1.807) is 20.8 Å². The monoisotopic (exact) mass is 207 g/mol. The van der Waals surface area contributed by atoms with Gasteiger partial charge in [-0.05, 0) is 6.08 Å². The minimum atomic E-state index is -0.546. The molecule has 0 bridgehead atoms. The molecule has 1 amide bonds. The van der Waals surface area contributed by atoms with Gasteiger partial charge in [0.1, 0.15) is 5.78 Å². The van der Waals surface area contributed by atoms with E-state index in [1.807, 2.05) is 0 Å². The third-order valence-corrected chi connectivity index (χ3v) is 1.48. The van der Waals surface area contributed by atoms with Crippen molar-refractivity contribution in [2.24, 2.45) is 5.92 Å². The van der Waals surface area contributed by atoms with Gasteiger partial charge in [-0.2, -0.15) is 0 Å². The van der Waals surface area contributed by atoms with E-state index in [0.717, 1.165) is 6.08 Å².